The van der Waals surface area contributed by atoms with Crippen LogP contribution in [-0.4, -0.2) is 27.2 Å². The van der Waals surface area contributed by atoms with Gasteiger partial charge in [0.05, 0.1) is 6.26 Å². The van der Waals surface area contributed by atoms with Crippen molar-refractivity contribution in [3.63, 3.8) is 0 Å². The molecule has 6 nitrogen and oxygen atoms in total. The zero-order valence-corrected chi connectivity index (χ0v) is 19.2. The fourth-order valence-corrected chi connectivity index (χ4v) is 3.83. The molecule has 1 aliphatic heterocycles. The Labute approximate surface area is 184 Å². The van der Waals surface area contributed by atoms with Gasteiger partial charge in [0, 0.05) is 30.0 Å². The van der Waals surface area contributed by atoms with Crippen LogP contribution in [0.5, 0.6) is 0 Å². The van der Waals surface area contributed by atoms with Crippen molar-refractivity contribution in [2.75, 3.05) is 22.4 Å². The number of nitrogens with zero attached hydrogens (tertiary/aromatic N) is 1. The highest BCUT2D eigenvalue weighted by molar-refractivity contribution is 7.92. The first-order chi connectivity index (χ1) is 14.4. The molecule has 0 atom stereocenters. The third-order valence-electron chi connectivity index (χ3n) is 4.97. The molecule has 7 heteroatoms. The number of hydrogen-bond donors (Lipinski definition) is 2. The monoisotopic (exact) mass is 439 g/mol. The van der Waals surface area contributed by atoms with Gasteiger partial charge in [-0.05, 0) is 46.4 Å². The number of carbonyl (C=O) groups is 1. The number of anilines is 2. The predicted molar refractivity (Wildman–Crippen MR) is 129 cm³/mol. The molecule has 3 rings (SSSR count). The lowest BCUT2D eigenvalue weighted by Gasteiger charge is -2.30. The van der Waals surface area contributed by atoms with Gasteiger partial charge in [0.1, 0.15) is 0 Å². The Morgan fingerprint density at radius 2 is 1.71 bits per heavy atom. The average molecular weight is 440 g/mol. The lowest BCUT2D eigenvalue weighted by atomic mass is 9.85. The van der Waals surface area contributed by atoms with E-state index >= 15 is 0 Å². The van der Waals surface area contributed by atoms with Gasteiger partial charge in [0.2, 0.25) is 10.0 Å². The zero-order valence-electron chi connectivity index (χ0n) is 18.4. The molecule has 1 saturated heterocycles. The minimum absolute atomic E-state index is 0.0760. The minimum atomic E-state index is -3.30. The van der Waals surface area contributed by atoms with Crippen molar-refractivity contribution in [2.45, 2.75) is 32.6 Å². The fourth-order valence-electron chi connectivity index (χ4n) is 3.26. The second kappa shape index (κ2) is 8.59. The maximum absolute atomic E-state index is 12.5. The highest BCUT2D eigenvalue weighted by atomic mass is 32.2. The number of amides is 2. The largest absolute Gasteiger partial charge is 0.326 e. The number of nitrogens with one attached hydrogen (secondary N) is 2. The van der Waals surface area contributed by atoms with Crippen LogP contribution < -0.4 is 14.9 Å². The van der Waals surface area contributed by atoms with Gasteiger partial charge in [-0.2, -0.15) is 0 Å². The van der Waals surface area contributed by atoms with Crippen LogP contribution in [0.2, 0.25) is 0 Å². The molecule has 0 bridgehead atoms. The van der Waals surface area contributed by atoms with Crippen molar-refractivity contribution >= 4 is 39.6 Å². The number of benzene rings is 2. The first-order valence-electron chi connectivity index (χ1n) is 10.1. The zero-order chi connectivity index (χ0) is 22.8. The summed E-state index contributed by atoms with van der Waals surface area (Å²) in [4.78, 5) is 14.2. The molecule has 2 aromatic rings. The molecule has 0 aliphatic carbocycles. The smallest absolute Gasteiger partial charge is 0.312 e. The van der Waals surface area contributed by atoms with E-state index in [2.05, 4.69) is 49.5 Å². The molecule has 164 valence electrons. The van der Waals surface area contributed by atoms with E-state index < -0.39 is 10.0 Å². The van der Waals surface area contributed by atoms with Gasteiger partial charge >= 0.3 is 6.03 Å². The van der Waals surface area contributed by atoms with E-state index in [-0.39, 0.29) is 11.4 Å². The average Bonchev–Trinajstić information content (AvgIpc) is 2.65. The minimum Gasteiger partial charge on any atom is -0.312 e. The Morgan fingerprint density at radius 3 is 2.29 bits per heavy atom. The Morgan fingerprint density at radius 1 is 1.06 bits per heavy atom. The summed E-state index contributed by atoms with van der Waals surface area (Å²) in [6, 6.07) is 13.2. The van der Waals surface area contributed by atoms with Crippen LogP contribution in [0, 0.1) is 0 Å². The molecule has 1 aliphatic rings. The highest BCUT2D eigenvalue weighted by Crippen LogP contribution is 2.30. The van der Waals surface area contributed by atoms with E-state index in [1.165, 1.54) is 0 Å². The summed E-state index contributed by atoms with van der Waals surface area (Å²) in [5, 5.41) is 2.81. The molecule has 2 amide bonds. The highest BCUT2D eigenvalue weighted by Gasteiger charge is 2.23. The normalized spacial score (nSPS) is 15.3. The third-order valence-corrected chi connectivity index (χ3v) is 5.57. The molecule has 2 aromatic carbocycles. The van der Waals surface area contributed by atoms with Crippen LogP contribution in [0.1, 0.15) is 43.9 Å². The summed E-state index contributed by atoms with van der Waals surface area (Å²) in [7, 11) is -3.30. The van der Waals surface area contributed by atoms with Crippen LogP contribution >= 0.6 is 0 Å². The summed E-state index contributed by atoms with van der Waals surface area (Å²) in [6.45, 7) is 10.9. The molecular weight excluding hydrogens is 410 g/mol. The van der Waals surface area contributed by atoms with Gasteiger partial charge in [-0.15, -0.1) is 0 Å². The van der Waals surface area contributed by atoms with E-state index in [9.17, 15) is 13.2 Å². The number of rotatable bonds is 5. The Balaban J connectivity index is 1.89. The summed E-state index contributed by atoms with van der Waals surface area (Å²) in [6.07, 6.45) is 5.80. The second-order valence-electron chi connectivity index (χ2n) is 8.83. The van der Waals surface area contributed by atoms with Crippen molar-refractivity contribution in [1.29, 1.82) is 0 Å². The van der Waals surface area contributed by atoms with Crippen LogP contribution in [0.25, 0.3) is 12.2 Å². The van der Waals surface area contributed by atoms with Crippen molar-refractivity contribution in [3.05, 3.63) is 71.4 Å². The van der Waals surface area contributed by atoms with Crippen molar-refractivity contribution in [3.8, 4) is 0 Å². The van der Waals surface area contributed by atoms with E-state index in [0.29, 0.717) is 18.7 Å². The maximum Gasteiger partial charge on any atom is 0.326 e. The quantitative estimate of drug-likeness (QED) is 0.647. The molecule has 0 unspecified atom stereocenters. The lowest BCUT2D eigenvalue weighted by molar-refractivity contribution is 0.246. The van der Waals surface area contributed by atoms with Gasteiger partial charge < -0.3 is 5.32 Å². The number of carbonyl (C=O) groups excluding carboxylic acids is 1. The molecule has 0 radical (unpaired) electrons. The standard InChI is InChI=1S/C24H29N3O3S/c1-17-12-13-27(23(28)25-17)22-15-19(14-20(16-22)24(2,3)4)7-6-18-8-10-21(11-9-18)26-31(5,29)30/h6-11,14-16,26H,1,12-13H2,2-5H3,(H,25,28)/b7-6+. The van der Waals surface area contributed by atoms with Crippen molar-refractivity contribution in [1.82, 2.24) is 5.32 Å². The van der Waals surface area contributed by atoms with Gasteiger partial charge in [-0.3, -0.25) is 9.62 Å². The van der Waals surface area contributed by atoms with Crippen LogP contribution in [0.4, 0.5) is 16.2 Å². The summed E-state index contributed by atoms with van der Waals surface area (Å²) in [5.41, 5.74) is 5.09. The molecular formula is C24H29N3O3S. The number of sulfonamides is 1. The van der Waals surface area contributed by atoms with E-state index in [0.717, 1.165) is 34.3 Å². The van der Waals surface area contributed by atoms with E-state index in [1.807, 2.05) is 30.4 Å². The number of urea groups is 1. The molecule has 0 saturated carbocycles. The molecule has 31 heavy (non-hydrogen) atoms. The first kappa shape index (κ1) is 22.6. The topological polar surface area (TPSA) is 78.5 Å². The Hall–Kier alpha value is -3.06. The first-order valence-corrected chi connectivity index (χ1v) is 12.0. The summed E-state index contributed by atoms with van der Waals surface area (Å²) < 4.78 is 25.2. The third kappa shape index (κ3) is 6.21. The van der Waals surface area contributed by atoms with Crippen LogP contribution in [0.3, 0.4) is 0 Å². The van der Waals surface area contributed by atoms with Gasteiger partial charge in [0.15, 0.2) is 0 Å². The Bertz CT molecular complexity index is 1130. The maximum atomic E-state index is 12.5. The van der Waals surface area contributed by atoms with Crippen LogP contribution in [0.15, 0.2) is 54.7 Å². The fraction of sp³-hybridized carbons (Fsp3) is 0.292. The van der Waals surface area contributed by atoms with Crippen molar-refractivity contribution < 1.29 is 13.2 Å². The molecule has 1 fully saturated rings. The van der Waals surface area contributed by atoms with Gasteiger partial charge in [0.25, 0.3) is 0 Å². The molecule has 1 heterocycles. The van der Waals surface area contributed by atoms with E-state index in [4.69, 9.17) is 0 Å². The SMILES string of the molecule is C=C1CCN(c2cc(/C=C/c3ccc(NS(C)(=O)=O)cc3)cc(C(C)(C)C)c2)C(=O)N1. The van der Waals surface area contributed by atoms with Crippen LogP contribution in [-0.2, 0) is 15.4 Å². The summed E-state index contributed by atoms with van der Waals surface area (Å²) >= 11 is 0. The van der Waals surface area contributed by atoms with Crippen molar-refractivity contribution in [2.24, 2.45) is 0 Å². The predicted octanol–water partition coefficient (Wildman–Crippen LogP) is 4.96. The Kier molecular flexibility index (Phi) is 6.27. The second-order valence-corrected chi connectivity index (χ2v) is 10.6. The summed E-state index contributed by atoms with van der Waals surface area (Å²) in [5.74, 6) is 0. The molecule has 0 aromatic heterocycles. The number of hydrogen-bond acceptors (Lipinski definition) is 3. The van der Waals surface area contributed by atoms with Gasteiger partial charge in [-0.1, -0.05) is 57.7 Å². The molecule has 0 spiro atoms. The molecule has 2 N–H and O–H groups in total. The van der Waals surface area contributed by atoms with E-state index in [1.54, 1.807) is 17.0 Å². The lowest BCUT2D eigenvalue weighted by Crippen LogP contribution is -2.45. The van der Waals surface area contributed by atoms with Gasteiger partial charge in [-0.25, -0.2) is 13.2 Å².